The van der Waals surface area contributed by atoms with Crippen LogP contribution in [-0.4, -0.2) is 26.2 Å². The third-order valence-corrected chi connectivity index (χ3v) is 2.21. The van der Waals surface area contributed by atoms with Crippen molar-refractivity contribution in [2.24, 2.45) is 0 Å². The van der Waals surface area contributed by atoms with Gasteiger partial charge in [-0.1, -0.05) is 30.3 Å². The fourth-order valence-corrected chi connectivity index (χ4v) is 1.29. The molecule has 1 aromatic rings. The molecule has 1 N–H and O–H groups in total. The molecule has 0 aromatic heterocycles. The van der Waals surface area contributed by atoms with Crippen molar-refractivity contribution in [3.8, 4) is 0 Å². The van der Waals surface area contributed by atoms with Crippen LogP contribution in [0.3, 0.4) is 0 Å². The summed E-state index contributed by atoms with van der Waals surface area (Å²) in [6, 6.07) is 9.58. The zero-order valence-corrected chi connectivity index (χ0v) is 10.3. The number of hydrogen-bond donors (Lipinski definition) is 1. The van der Waals surface area contributed by atoms with E-state index in [1.54, 1.807) is 0 Å². The molecule has 0 atom stereocenters. The summed E-state index contributed by atoms with van der Waals surface area (Å²) in [7, 11) is 2.41. The molecule has 0 aliphatic rings. The van der Waals surface area contributed by atoms with Crippen molar-refractivity contribution in [2.45, 2.75) is 6.54 Å². The molecule has 0 amide bonds. The van der Waals surface area contributed by atoms with Gasteiger partial charge in [0.05, 0.1) is 14.2 Å². The van der Waals surface area contributed by atoms with Crippen LogP contribution < -0.4 is 5.32 Å². The molecule has 5 nitrogen and oxygen atoms in total. The molecule has 0 unspecified atom stereocenters. The van der Waals surface area contributed by atoms with E-state index in [4.69, 9.17) is 0 Å². The molecule has 5 heteroatoms. The molecule has 0 bridgehead atoms. The van der Waals surface area contributed by atoms with E-state index in [9.17, 15) is 9.59 Å². The van der Waals surface area contributed by atoms with Crippen molar-refractivity contribution < 1.29 is 19.1 Å². The van der Waals surface area contributed by atoms with E-state index in [-0.39, 0.29) is 5.57 Å². The predicted molar refractivity (Wildman–Crippen MR) is 65.4 cm³/mol. The Bertz CT molecular complexity index is 422. The number of carbonyl (C=O) groups is 2. The molecule has 0 heterocycles. The maximum atomic E-state index is 11.3. The molecule has 0 saturated carbocycles. The van der Waals surface area contributed by atoms with Gasteiger partial charge in [0.15, 0.2) is 5.57 Å². The number of esters is 2. The van der Waals surface area contributed by atoms with Gasteiger partial charge in [-0.25, -0.2) is 9.59 Å². The van der Waals surface area contributed by atoms with Crippen molar-refractivity contribution in [1.29, 1.82) is 0 Å². The second-order valence-corrected chi connectivity index (χ2v) is 3.41. The van der Waals surface area contributed by atoms with Gasteiger partial charge >= 0.3 is 11.9 Å². The SMILES string of the molecule is COC(=O)C(=CNCc1ccccc1)C(=O)OC. The van der Waals surface area contributed by atoms with Crippen LogP contribution in [0.5, 0.6) is 0 Å². The van der Waals surface area contributed by atoms with Crippen LogP contribution in [0.25, 0.3) is 0 Å². The van der Waals surface area contributed by atoms with Crippen LogP contribution in [0, 0.1) is 0 Å². The first-order chi connectivity index (χ1) is 8.69. The average molecular weight is 249 g/mol. The molecule has 96 valence electrons. The lowest BCUT2D eigenvalue weighted by Gasteiger charge is -2.05. The minimum atomic E-state index is -0.734. The lowest BCUT2D eigenvalue weighted by atomic mass is 10.2. The molecule has 0 aliphatic carbocycles. The molecule has 0 saturated heterocycles. The zero-order valence-electron chi connectivity index (χ0n) is 10.3. The Morgan fingerprint density at radius 3 is 2.17 bits per heavy atom. The molecule has 0 spiro atoms. The number of rotatable bonds is 5. The summed E-state index contributed by atoms with van der Waals surface area (Å²) in [5, 5.41) is 2.87. The maximum Gasteiger partial charge on any atom is 0.346 e. The standard InChI is InChI=1S/C13H15NO4/c1-17-12(15)11(13(16)18-2)9-14-8-10-6-4-3-5-7-10/h3-7,9,14H,8H2,1-2H3. The summed E-state index contributed by atoms with van der Waals surface area (Å²) < 4.78 is 8.98. The first kappa shape index (κ1) is 13.8. The fourth-order valence-electron chi connectivity index (χ4n) is 1.29. The summed E-state index contributed by atoms with van der Waals surface area (Å²) in [6.45, 7) is 0.498. The Morgan fingerprint density at radius 2 is 1.67 bits per heavy atom. The molecule has 1 aromatic carbocycles. The van der Waals surface area contributed by atoms with E-state index in [2.05, 4.69) is 14.8 Å². The molecule has 18 heavy (non-hydrogen) atoms. The summed E-state index contributed by atoms with van der Waals surface area (Å²) in [5.74, 6) is -1.47. The average Bonchev–Trinajstić information content (AvgIpc) is 2.43. The van der Waals surface area contributed by atoms with Crippen molar-refractivity contribution in [2.75, 3.05) is 14.2 Å². The molecular formula is C13H15NO4. The van der Waals surface area contributed by atoms with Crippen molar-refractivity contribution in [1.82, 2.24) is 5.32 Å². The third-order valence-electron chi connectivity index (χ3n) is 2.21. The van der Waals surface area contributed by atoms with Crippen molar-refractivity contribution in [3.05, 3.63) is 47.7 Å². The fraction of sp³-hybridized carbons (Fsp3) is 0.231. The quantitative estimate of drug-likeness (QED) is 0.365. The first-order valence-electron chi connectivity index (χ1n) is 5.33. The molecule has 0 aliphatic heterocycles. The number of ether oxygens (including phenoxy) is 2. The highest BCUT2D eigenvalue weighted by Gasteiger charge is 2.19. The van der Waals surface area contributed by atoms with Crippen LogP contribution in [-0.2, 0) is 25.6 Å². The number of benzene rings is 1. The Kier molecular flexibility index (Phi) is 5.44. The minimum Gasteiger partial charge on any atom is -0.465 e. The van der Waals surface area contributed by atoms with E-state index in [0.717, 1.165) is 5.56 Å². The highest BCUT2D eigenvalue weighted by Crippen LogP contribution is 2.01. The molecule has 0 fully saturated rings. The summed E-state index contributed by atoms with van der Waals surface area (Å²) in [6.07, 6.45) is 1.30. The van der Waals surface area contributed by atoms with Gasteiger partial charge in [-0.3, -0.25) is 0 Å². The van der Waals surface area contributed by atoms with E-state index in [0.29, 0.717) is 6.54 Å². The van der Waals surface area contributed by atoms with Crippen molar-refractivity contribution >= 4 is 11.9 Å². The largest absolute Gasteiger partial charge is 0.465 e. The molecule has 1 rings (SSSR count). The highest BCUT2D eigenvalue weighted by atomic mass is 16.5. The zero-order chi connectivity index (χ0) is 13.4. The topological polar surface area (TPSA) is 64.6 Å². The van der Waals surface area contributed by atoms with Crippen LogP contribution in [0.4, 0.5) is 0 Å². The Labute approximate surface area is 105 Å². The van der Waals surface area contributed by atoms with Gasteiger partial charge in [-0.2, -0.15) is 0 Å². The second-order valence-electron chi connectivity index (χ2n) is 3.41. The monoisotopic (exact) mass is 249 g/mol. The first-order valence-corrected chi connectivity index (χ1v) is 5.33. The molecular weight excluding hydrogens is 234 g/mol. The van der Waals surface area contributed by atoms with Gasteiger partial charge in [0.25, 0.3) is 0 Å². The number of nitrogens with one attached hydrogen (secondary N) is 1. The van der Waals surface area contributed by atoms with Gasteiger partial charge in [0, 0.05) is 12.7 Å². The smallest absolute Gasteiger partial charge is 0.346 e. The van der Waals surface area contributed by atoms with E-state index < -0.39 is 11.9 Å². The minimum absolute atomic E-state index is 0.170. The number of methoxy groups -OCH3 is 2. The van der Waals surface area contributed by atoms with Gasteiger partial charge in [0.1, 0.15) is 0 Å². The third kappa shape index (κ3) is 3.93. The Balaban J connectivity index is 2.66. The summed E-state index contributed by atoms with van der Waals surface area (Å²) in [4.78, 5) is 22.6. The van der Waals surface area contributed by atoms with Gasteiger partial charge in [-0.05, 0) is 5.56 Å². The van der Waals surface area contributed by atoms with Gasteiger partial charge in [0.2, 0.25) is 0 Å². The van der Waals surface area contributed by atoms with E-state index in [1.165, 1.54) is 20.4 Å². The predicted octanol–water partition coefficient (Wildman–Crippen LogP) is 1.01. The normalized spacial score (nSPS) is 9.22. The molecule has 0 radical (unpaired) electrons. The van der Waals surface area contributed by atoms with Gasteiger partial charge < -0.3 is 14.8 Å². The van der Waals surface area contributed by atoms with Crippen LogP contribution in [0.15, 0.2) is 42.1 Å². The van der Waals surface area contributed by atoms with E-state index in [1.807, 2.05) is 30.3 Å². The van der Waals surface area contributed by atoms with Crippen LogP contribution >= 0.6 is 0 Å². The van der Waals surface area contributed by atoms with Crippen LogP contribution in [0.1, 0.15) is 5.56 Å². The van der Waals surface area contributed by atoms with Gasteiger partial charge in [-0.15, -0.1) is 0 Å². The highest BCUT2D eigenvalue weighted by molar-refractivity contribution is 6.13. The van der Waals surface area contributed by atoms with Crippen LogP contribution in [0.2, 0.25) is 0 Å². The van der Waals surface area contributed by atoms with E-state index >= 15 is 0 Å². The lowest BCUT2D eigenvalue weighted by Crippen LogP contribution is -2.19. The summed E-state index contributed by atoms with van der Waals surface area (Å²) in [5.41, 5.74) is 0.860. The Hall–Kier alpha value is -2.30. The second kappa shape index (κ2) is 7.11. The number of carbonyl (C=O) groups excluding carboxylic acids is 2. The maximum absolute atomic E-state index is 11.3. The lowest BCUT2D eigenvalue weighted by molar-refractivity contribution is -0.144. The Morgan fingerprint density at radius 1 is 1.11 bits per heavy atom. The van der Waals surface area contributed by atoms with Crippen molar-refractivity contribution in [3.63, 3.8) is 0 Å². The summed E-state index contributed by atoms with van der Waals surface area (Å²) >= 11 is 0. The number of hydrogen-bond acceptors (Lipinski definition) is 5.